The Hall–Kier alpha value is -1.09. The van der Waals surface area contributed by atoms with E-state index in [0.717, 1.165) is 5.56 Å². The van der Waals surface area contributed by atoms with Crippen molar-refractivity contribution < 1.29 is 4.74 Å². The molecule has 2 nitrogen and oxygen atoms in total. The normalized spacial score (nSPS) is 10.4. The average Bonchev–Trinajstić information content (AvgIpc) is 2.31. The number of nitrogens with two attached hydrogens (primary N) is 1. The highest BCUT2D eigenvalue weighted by atomic mass is 35.5. The second-order valence-electron chi connectivity index (χ2n) is 3.82. The number of hydrogen-bond acceptors (Lipinski definition) is 2. The third kappa shape index (κ3) is 2.83. The van der Waals surface area contributed by atoms with Gasteiger partial charge in [0.15, 0.2) is 5.75 Å². The van der Waals surface area contributed by atoms with Crippen LogP contribution in [-0.2, 0) is 0 Å². The number of benzene rings is 2. The molecule has 0 aromatic heterocycles. The number of anilines is 1. The van der Waals surface area contributed by atoms with Gasteiger partial charge in [0.25, 0.3) is 0 Å². The summed E-state index contributed by atoms with van der Waals surface area (Å²) in [6.07, 6.45) is 0. The van der Waals surface area contributed by atoms with Gasteiger partial charge >= 0.3 is 0 Å². The first-order chi connectivity index (χ1) is 8.47. The van der Waals surface area contributed by atoms with Crippen LogP contribution in [0.3, 0.4) is 0 Å². The van der Waals surface area contributed by atoms with E-state index in [1.54, 1.807) is 24.3 Å². The molecule has 2 aromatic rings. The molecule has 0 saturated carbocycles. The molecule has 2 N–H and O–H groups in total. The molecule has 0 unspecified atom stereocenters. The molecular formula is C13H10Cl3NO. The molecule has 2 rings (SSSR count). The summed E-state index contributed by atoms with van der Waals surface area (Å²) in [5.74, 6) is 1.10. The molecule has 0 amide bonds. The molecule has 0 saturated heterocycles. The van der Waals surface area contributed by atoms with E-state index < -0.39 is 0 Å². The summed E-state index contributed by atoms with van der Waals surface area (Å²) in [5, 5.41) is 1.48. The fourth-order valence-electron chi connectivity index (χ4n) is 1.44. The average molecular weight is 303 g/mol. The van der Waals surface area contributed by atoms with Crippen molar-refractivity contribution in [2.24, 2.45) is 0 Å². The number of hydrogen-bond donors (Lipinski definition) is 1. The van der Waals surface area contributed by atoms with Crippen molar-refractivity contribution in [1.82, 2.24) is 0 Å². The Labute approximate surface area is 120 Å². The molecule has 0 aliphatic heterocycles. The topological polar surface area (TPSA) is 35.2 Å². The summed E-state index contributed by atoms with van der Waals surface area (Å²) in [5.41, 5.74) is 7.16. The van der Waals surface area contributed by atoms with Crippen LogP contribution in [0.15, 0.2) is 30.3 Å². The third-order valence-corrected chi connectivity index (χ3v) is 3.56. The van der Waals surface area contributed by atoms with E-state index in [-0.39, 0.29) is 0 Å². The quantitative estimate of drug-likeness (QED) is 0.761. The van der Waals surface area contributed by atoms with Crippen molar-refractivity contribution in [3.8, 4) is 11.5 Å². The maximum absolute atomic E-state index is 5.94. The lowest BCUT2D eigenvalue weighted by molar-refractivity contribution is 0.485. The Morgan fingerprint density at radius 3 is 2.28 bits per heavy atom. The van der Waals surface area contributed by atoms with E-state index in [9.17, 15) is 0 Å². The predicted octanol–water partition coefficient (Wildman–Crippen LogP) is 5.33. The van der Waals surface area contributed by atoms with Crippen LogP contribution in [0, 0.1) is 6.92 Å². The SMILES string of the molecule is Cc1cc(Oc2cc(Cl)c(Cl)cc2N)ccc1Cl. The Morgan fingerprint density at radius 1 is 0.944 bits per heavy atom. The molecule has 0 spiro atoms. The van der Waals surface area contributed by atoms with Crippen molar-refractivity contribution in [3.63, 3.8) is 0 Å². The first-order valence-electron chi connectivity index (χ1n) is 5.16. The van der Waals surface area contributed by atoms with Gasteiger partial charge in [0.2, 0.25) is 0 Å². The highest BCUT2D eigenvalue weighted by Gasteiger charge is 2.08. The van der Waals surface area contributed by atoms with Crippen LogP contribution in [0.5, 0.6) is 11.5 Å². The zero-order chi connectivity index (χ0) is 13.3. The fraction of sp³-hybridized carbons (Fsp3) is 0.0769. The zero-order valence-electron chi connectivity index (χ0n) is 9.51. The van der Waals surface area contributed by atoms with Crippen LogP contribution in [0.1, 0.15) is 5.56 Å². The number of aryl methyl sites for hydroxylation is 1. The highest BCUT2D eigenvalue weighted by molar-refractivity contribution is 6.42. The zero-order valence-corrected chi connectivity index (χ0v) is 11.8. The Bertz CT molecular complexity index is 599. The summed E-state index contributed by atoms with van der Waals surface area (Å²) in [6.45, 7) is 1.90. The molecule has 0 heterocycles. The number of ether oxygens (including phenoxy) is 1. The first-order valence-corrected chi connectivity index (χ1v) is 6.29. The minimum atomic E-state index is 0.395. The van der Waals surface area contributed by atoms with E-state index in [0.29, 0.717) is 32.3 Å². The second kappa shape index (κ2) is 5.27. The van der Waals surface area contributed by atoms with E-state index in [4.69, 9.17) is 45.3 Å². The molecule has 94 valence electrons. The third-order valence-electron chi connectivity index (χ3n) is 2.41. The Kier molecular flexibility index (Phi) is 3.91. The molecule has 0 aliphatic rings. The summed E-state index contributed by atoms with van der Waals surface area (Å²) >= 11 is 17.7. The second-order valence-corrected chi connectivity index (χ2v) is 5.04. The van der Waals surface area contributed by atoms with Crippen LogP contribution in [0.25, 0.3) is 0 Å². The van der Waals surface area contributed by atoms with Crippen LogP contribution in [0.4, 0.5) is 5.69 Å². The summed E-state index contributed by atoms with van der Waals surface area (Å²) in [7, 11) is 0. The lowest BCUT2D eigenvalue weighted by Crippen LogP contribution is -1.93. The molecule has 5 heteroatoms. The number of nitrogen functional groups attached to an aromatic ring is 1. The van der Waals surface area contributed by atoms with Gasteiger partial charge in [0.05, 0.1) is 15.7 Å². The lowest BCUT2D eigenvalue weighted by Gasteiger charge is -2.10. The van der Waals surface area contributed by atoms with E-state index in [1.807, 2.05) is 13.0 Å². The van der Waals surface area contributed by atoms with Gasteiger partial charge in [0.1, 0.15) is 5.75 Å². The molecule has 0 aliphatic carbocycles. The highest BCUT2D eigenvalue weighted by Crippen LogP contribution is 2.35. The van der Waals surface area contributed by atoms with Crippen LogP contribution in [-0.4, -0.2) is 0 Å². The summed E-state index contributed by atoms with van der Waals surface area (Å²) in [4.78, 5) is 0. The maximum atomic E-state index is 5.94. The molecule has 0 fully saturated rings. The van der Waals surface area contributed by atoms with Gasteiger partial charge in [-0.25, -0.2) is 0 Å². The van der Waals surface area contributed by atoms with Gasteiger partial charge in [-0.2, -0.15) is 0 Å². The molecule has 2 aromatic carbocycles. The van der Waals surface area contributed by atoms with Crippen LogP contribution >= 0.6 is 34.8 Å². The molecular weight excluding hydrogens is 293 g/mol. The van der Waals surface area contributed by atoms with Gasteiger partial charge in [0, 0.05) is 11.1 Å². The largest absolute Gasteiger partial charge is 0.455 e. The fourth-order valence-corrected chi connectivity index (χ4v) is 1.88. The number of rotatable bonds is 2. The summed E-state index contributed by atoms with van der Waals surface area (Å²) < 4.78 is 5.65. The number of halogens is 3. The first kappa shape index (κ1) is 13.3. The Balaban J connectivity index is 2.34. The standard InChI is InChI=1S/C13H10Cl3NO/c1-7-4-8(2-3-9(7)14)18-13-6-11(16)10(15)5-12(13)17/h2-6H,17H2,1H3. The monoisotopic (exact) mass is 301 g/mol. The minimum Gasteiger partial charge on any atom is -0.455 e. The van der Waals surface area contributed by atoms with Crippen molar-refractivity contribution in [3.05, 3.63) is 51.0 Å². The van der Waals surface area contributed by atoms with E-state index >= 15 is 0 Å². The van der Waals surface area contributed by atoms with Gasteiger partial charge < -0.3 is 10.5 Å². The minimum absolute atomic E-state index is 0.395. The maximum Gasteiger partial charge on any atom is 0.151 e. The van der Waals surface area contributed by atoms with Crippen molar-refractivity contribution in [2.45, 2.75) is 6.92 Å². The van der Waals surface area contributed by atoms with Gasteiger partial charge in [-0.3, -0.25) is 0 Å². The summed E-state index contributed by atoms with van der Waals surface area (Å²) in [6, 6.07) is 8.49. The molecule has 18 heavy (non-hydrogen) atoms. The van der Waals surface area contributed by atoms with Gasteiger partial charge in [-0.15, -0.1) is 0 Å². The van der Waals surface area contributed by atoms with E-state index in [2.05, 4.69) is 0 Å². The van der Waals surface area contributed by atoms with Gasteiger partial charge in [-0.1, -0.05) is 34.8 Å². The van der Waals surface area contributed by atoms with Crippen LogP contribution < -0.4 is 10.5 Å². The van der Waals surface area contributed by atoms with E-state index in [1.165, 1.54) is 0 Å². The van der Waals surface area contributed by atoms with Crippen molar-refractivity contribution >= 4 is 40.5 Å². The van der Waals surface area contributed by atoms with Crippen LogP contribution in [0.2, 0.25) is 15.1 Å². The molecule has 0 atom stereocenters. The molecule has 0 bridgehead atoms. The van der Waals surface area contributed by atoms with Crippen molar-refractivity contribution in [1.29, 1.82) is 0 Å². The van der Waals surface area contributed by atoms with Crippen molar-refractivity contribution in [2.75, 3.05) is 5.73 Å². The van der Waals surface area contributed by atoms with Gasteiger partial charge in [-0.05, 0) is 36.8 Å². The molecule has 0 radical (unpaired) electrons. The lowest BCUT2D eigenvalue weighted by atomic mass is 10.2. The predicted molar refractivity (Wildman–Crippen MR) is 77.1 cm³/mol. The smallest absolute Gasteiger partial charge is 0.151 e. The Morgan fingerprint density at radius 2 is 1.61 bits per heavy atom.